The smallest absolute Gasteiger partial charge is 0.305 e. The SMILES string of the molecule is COC1CC(CC(=O)O)N(C(=O)c2cc(-c3cccc(Cl)c3)no2)C1. The van der Waals surface area contributed by atoms with Crippen LogP contribution in [0.5, 0.6) is 0 Å². The predicted molar refractivity (Wildman–Crippen MR) is 89.4 cm³/mol. The average Bonchev–Trinajstić information content (AvgIpc) is 3.21. The number of amides is 1. The number of hydrogen-bond donors (Lipinski definition) is 1. The molecule has 1 aliphatic rings. The first-order chi connectivity index (χ1) is 12.0. The van der Waals surface area contributed by atoms with Gasteiger partial charge in [0.15, 0.2) is 0 Å². The molecular formula is C17H17ClN2O5. The van der Waals surface area contributed by atoms with Gasteiger partial charge in [0, 0.05) is 36.3 Å². The number of aromatic nitrogens is 1. The molecule has 1 fully saturated rings. The fraction of sp³-hybridized carbons (Fsp3) is 0.353. The van der Waals surface area contributed by atoms with Gasteiger partial charge < -0.3 is 19.3 Å². The van der Waals surface area contributed by atoms with Crippen molar-refractivity contribution in [2.75, 3.05) is 13.7 Å². The van der Waals surface area contributed by atoms with Crippen LogP contribution in [0.25, 0.3) is 11.3 Å². The van der Waals surface area contributed by atoms with Gasteiger partial charge in [0.05, 0.1) is 12.5 Å². The van der Waals surface area contributed by atoms with Gasteiger partial charge in [-0.2, -0.15) is 0 Å². The normalized spacial score (nSPS) is 20.0. The zero-order valence-corrected chi connectivity index (χ0v) is 14.3. The van der Waals surface area contributed by atoms with Gasteiger partial charge in [0.25, 0.3) is 5.91 Å². The van der Waals surface area contributed by atoms with Gasteiger partial charge in [-0.1, -0.05) is 28.9 Å². The topological polar surface area (TPSA) is 92.9 Å². The van der Waals surface area contributed by atoms with Crippen molar-refractivity contribution in [1.82, 2.24) is 10.1 Å². The first kappa shape index (κ1) is 17.4. The molecule has 2 atom stereocenters. The van der Waals surface area contributed by atoms with E-state index in [1.807, 2.05) is 6.07 Å². The number of carboxylic acid groups (broad SMARTS) is 1. The number of carbonyl (C=O) groups excluding carboxylic acids is 1. The molecule has 1 aliphatic heterocycles. The number of ether oxygens (including phenoxy) is 1. The number of halogens is 1. The molecule has 0 bridgehead atoms. The van der Waals surface area contributed by atoms with E-state index in [0.717, 1.165) is 5.56 Å². The molecule has 1 amide bonds. The number of carbonyl (C=O) groups is 2. The molecule has 2 heterocycles. The number of benzene rings is 1. The predicted octanol–water partition coefficient (Wildman–Crippen LogP) is 2.70. The molecule has 7 nitrogen and oxygen atoms in total. The molecule has 132 valence electrons. The van der Waals surface area contributed by atoms with Crippen molar-refractivity contribution in [3.8, 4) is 11.3 Å². The van der Waals surface area contributed by atoms with Crippen LogP contribution in [0, 0.1) is 0 Å². The largest absolute Gasteiger partial charge is 0.481 e. The Morgan fingerprint density at radius 1 is 1.44 bits per heavy atom. The van der Waals surface area contributed by atoms with Crippen molar-refractivity contribution < 1.29 is 24.0 Å². The number of methoxy groups -OCH3 is 1. The summed E-state index contributed by atoms with van der Waals surface area (Å²) in [6.07, 6.45) is 0.147. The summed E-state index contributed by atoms with van der Waals surface area (Å²) in [5.74, 6) is -1.30. The highest BCUT2D eigenvalue weighted by Crippen LogP contribution is 2.27. The molecule has 0 saturated carbocycles. The molecule has 8 heteroatoms. The summed E-state index contributed by atoms with van der Waals surface area (Å²) >= 11 is 5.96. The Labute approximate surface area is 149 Å². The molecule has 1 aromatic heterocycles. The van der Waals surface area contributed by atoms with Crippen molar-refractivity contribution in [2.24, 2.45) is 0 Å². The Bertz CT molecular complexity index is 791. The molecule has 2 aromatic rings. The van der Waals surface area contributed by atoms with E-state index in [1.54, 1.807) is 25.3 Å². The second-order valence-electron chi connectivity index (χ2n) is 5.89. The first-order valence-corrected chi connectivity index (χ1v) is 8.14. The number of rotatable bonds is 5. The molecule has 1 saturated heterocycles. The molecule has 3 rings (SSSR count). The third-order valence-corrected chi connectivity index (χ3v) is 4.46. The lowest BCUT2D eigenvalue weighted by atomic mass is 10.1. The van der Waals surface area contributed by atoms with Crippen LogP contribution in [0.2, 0.25) is 5.02 Å². The van der Waals surface area contributed by atoms with E-state index < -0.39 is 17.9 Å². The lowest BCUT2D eigenvalue weighted by Gasteiger charge is -2.21. The summed E-state index contributed by atoms with van der Waals surface area (Å²) in [7, 11) is 1.54. The van der Waals surface area contributed by atoms with Gasteiger partial charge in [-0.25, -0.2) is 0 Å². The molecule has 0 aliphatic carbocycles. The third kappa shape index (κ3) is 3.83. The fourth-order valence-corrected chi connectivity index (χ4v) is 3.18. The van der Waals surface area contributed by atoms with Crippen LogP contribution < -0.4 is 0 Å². The van der Waals surface area contributed by atoms with E-state index in [4.69, 9.17) is 26.0 Å². The van der Waals surface area contributed by atoms with E-state index in [0.29, 0.717) is 23.7 Å². The van der Waals surface area contributed by atoms with Gasteiger partial charge in [-0.15, -0.1) is 0 Å². The highest BCUT2D eigenvalue weighted by Gasteiger charge is 2.38. The first-order valence-electron chi connectivity index (χ1n) is 7.76. The van der Waals surface area contributed by atoms with Crippen LogP contribution in [0.1, 0.15) is 23.4 Å². The van der Waals surface area contributed by atoms with Crippen LogP contribution in [-0.2, 0) is 9.53 Å². The Morgan fingerprint density at radius 3 is 2.92 bits per heavy atom. The van der Waals surface area contributed by atoms with Crippen molar-refractivity contribution in [3.63, 3.8) is 0 Å². The van der Waals surface area contributed by atoms with Gasteiger partial charge in [0.1, 0.15) is 5.69 Å². The van der Waals surface area contributed by atoms with Crippen molar-refractivity contribution in [3.05, 3.63) is 41.1 Å². The minimum absolute atomic E-state index is 0.0575. The van der Waals surface area contributed by atoms with Crippen LogP contribution in [-0.4, -0.2) is 52.8 Å². The van der Waals surface area contributed by atoms with E-state index >= 15 is 0 Å². The quantitative estimate of drug-likeness (QED) is 0.876. The van der Waals surface area contributed by atoms with E-state index in [2.05, 4.69) is 5.16 Å². The monoisotopic (exact) mass is 364 g/mol. The third-order valence-electron chi connectivity index (χ3n) is 4.22. The summed E-state index contributed by atoms with van der Waals surface area (Å²) in [5.41, 5.74) is 1.22. The highest BCUT2D eigenvalue weighted by molar-refractivity contribution is 6.30. The van der Waals surface area contributed by atoms with Crippen molar-refractivity contribution >= 4 is 23.5 Å². The summed E-state index contributed by atoms with van der Waals surface area (Å²) in [6.45, 7) is 0.320. The van der Waals surface area contributed by atoms with Crippen LogP contribution in [0.15, 0.2) is 34.9 Å². The number of hydrogen-bond acceptors (Lipinski definition) is 5. The molecule has 25 heavy (non-hydrogen) atoms. The molecule has 0 radical (unpaired) electrons. The van der Waals surface area contributed by atoms with Crippen LogP contribution >= 0.6 is 11.6 Å². The second kappa shape index (κ2) is 7.25. The van der Waals surface area contributed by atoms with Gasteiger partial charge in [0.2, 0.25) is 5.76 Å². The molecule has 1 N–H and O–H groups in total. The number of likely N-dealkylation sites (tertiary alicyclic amines) is 1. The summed E-state index contributed by atoms with van der Waals surface area (Å²) in [6, 6.07) is 8.14. The van der Waals surface area contributed by atoms with Crippen molar-refractivity contribution in [2.45, 2.75) is 25.0 Å². The van der Waals surface area contributed by atoms with Gasteiger partial charge in [-0.3, -0.25) is 9.59 Å². The van der Waals surface area contributed by atoms with Crippen LogP contribution in [0.4, 0.5) is 0 Å². The zero-order valence-electron chi connectivity index (χ0n) is 13.5. The Kier molecular flexibility index (Phi) is 5.06. The Balaban J connectivity index is 1.81. The van der Waals surface area contributed by atoms with Gasteiger partial charge >= 0.3 is 5.97 Å². The average molecular weight is 365 g/mol. The summed E-state index contributed by atoms with van der Waals surface area (Å²) in [4.78, 5) is 25.3. The second-order valence-corrected chi connectivity index (χ2v) is 6.33. The van der Waals surface area contributed by atoms with E-state index in [1.165, 1.54) is 11.0 Å². The van der Waals surface area contributed by atoms with Crippen LogP contribution in [0.3, 0.4) is 0 Å². The summed E-state index contributed by atoms with van der Waals surface area (Å²) < 4.78 is 10.5. The molecule has 0 spiro atoms. The Hall–Kier alpha value is -2.38. The maximum Gasteiger partial charge on any atom is 0.305 e. The number of aliphatic carboxylic acids is 1. The minimum Gasteiger partial charge on any atom is -0.481 e. The molecule has 2 unspecified atom stereocenters. The fourth-order valence-electron chi connectivity index (χ4n) is 2.99. The number of nitrogens with zero attached hydrogens (tertiary/aromatic N) is 2. The standard InChI is InChI=1S/C17H17ClN2O5/c1-24-13-6-12(7-16(21)22)20(9-13)17(23)15-8-14(19-25-15)10-3-2-4-11(18)5-10/h2-5,8,12-13H,6-7,9H2,1H3,(H,21,22). The van der Waals surface area contributed by atoms with E-state index in [9.17, 15) is 9.59 Å². The number of carboxylic acids is 1. The van der Waals surface area contributed by atoms with Crippen molar-refractivity contribution in [1.29, 1.82) is 0 Å². The lowest BCUT2D eigenvalue weighted by Crippen LogP contribution is -2.37. The minimum atomic E-state index is -0.961. The lowest BCUT2D eigenvalue weighted by molar-refractivity contribution is -0.138. The van der Waals surface area contributed by atoms with Gasteiger partial charge in [-0.05, 0) is 18.6 Å². The maximum absolute atomic E-state index is 12.7. The Morgan fingerprint density at radius 2 is 2.24 bits per heavy atom. The van der Waals surface area contributed by atoms with E-state index in [-0.39, 0.29) is 18.3 Å². The highest BCUT2D eigenvalue weighted by atomic mass is 35.5. The molecule has 1 aromatic carbocycles. The molecular weight excluding hydrogens is 348 g/mol. The zero-order chi connectivity index (χ0) is 18.0. The summed E-state index contributed by atoms with van der Waals surface area (Å²) in [5, 5.41) is 13.5. The maximum atomic E-state index is 12.7.